The predicted octanol–water partition coefficient (Wildman–Crippen LogP) is 3.69. The van der Waals surface area contributed by atoms with Gasteiger partial charge in [-0.25, -0.2) is 4.98 Å². The molecule has 0 radical (unpaired) electrons. The van der Waals surface area contributed by atoms with E-state index in [1.54, 1.807) is 37.8 Å². The van der Waals surface area contributed by atoms with E-state index < -0.39 is 0 Å². The number of piperidine rings is 1. The number of pyridine rings is 1. The maximum Gasteiger partial charge on any atom is 0.255 e. The van der Waals surface area contributed by atoms with Crippen LogP contribution in [0, 0.1) is 0 Å². The fourth-order valence-corrected chi connectivity index (χ4v) is 3.66. The van der Waals surface area contributed by atoms with Crippen LogP contribution in [0.1, 0.15) is 46.3 Å². The van der Waals surface area contributed by atoms with E-state index in [0.717, 1.165) is 36.5 Å². The molecule has 1 fully saturated rings. The zero-order valence-electron chi connectivity index (χ0n) is 15.9. The topological polar surface area (TPSA) is 68.5 Å². The Kier molecular flexibility index (Phi) is 5.37. The average Bonchev–Trinajstić information content (AvgIpc) is 3.23. The van der Waals surface area contributed by atoms with Crippen LogP contribution < -0.4 is 4.74 Å². The van der Waals surface area contributed by atoms with Crippen molar-refractivity contribution >= 4 is 5.91 Å². The Morgan fingerprint density at radius 1 is 1.25 bits per heavy atom. The number of oxazole rings is 1. The number of likely N-dealkylation sites (tertiary alicyclic amines) is 1. The van der Waals surface area contributed by atoms with Crippen molar-refractivity contribution in [3.8, 4) is 5.75 Å². The van der Waals surface area contributed by atoms with Gasteiger partial charge in [0.1, 0.15) is 11.5 Å². The molecule has 1 aliphatic rings. The van der Waals surface area contributed by atoms with Gasteiger partial charge in [0.2, 0.25) is 0 Å². The van der Waals surface area contributed by atoms with E-state index in [2.05, 4.69) is 9.97 Å². The summed E-state index contributed by atoms with van der Waals surface area (Å²) >= 11 is 0. The van der Waals surface area contributed by atoms with E-state index in [4.69, 9.17) is 9.15 Å². The van der Waals surface area contributed by atoms with Gasteiger partial charge < -0.3 is 14.1 Å². The number of ether oxygens (including phenoxy) is 1. The lowest BCUT2D eigenvalue weighted by Gasteiger charge is -2.31. The van der Waals surface area contributed by atoms with Gasteiger partial charge in [-0.05, 0) is 31.0 Å². The number of aromatic nitrogens is 2. The van der Waals surface area contributed by atoms with Gasteiger partial charge in [-0.1, -0.05) is 18.2 Å². The molecule has 0 N–H and O–H groups in total. The third kappa shape index (κ3) is 3.91. The van der Waals surface area contributed by atoms with E-state index in [1.807, 2.05) is 29.2 Å². The first-order valence-corrected chi connectivity index (χ1v) is 9.50. The van der Waals surface area contributed by atoms with Crippen molar-refractivity contribution in [2.75, 3.05) is 20.2 Å². The zero-order valence-corrected chi connectivity index (χ0v) is 15.9. The van der Waals surface area contributed by atoms with Gasteiger partial charge in [-0.2, -0.15) is 0 Å². The Balaban J connectivity index is 1.45. The number of nitrogens with zero attached hydrogens (tertiary/aromatic N) is 3. The zero-order chi connectivity index (χ0) is 19.3. The molecule has 6 nitrogen and oxygen atoms in total. The number of hydrogen-bond donors (Lipinski definition) is 0. The second kappa shape index (κ2) is 8.25. The quantitative estimate of drug-likeness (QED) is 0.678. The number of hydrogen-bond acceptors (Lipinski definition) is 5. The van der Waals surface area contributed by atoms with Gasteiger partial charge >= 0.3 is 0 Å². The summed E-state index contributed by atoms with van der Waals surface area (Å²) < 4.78 is 11.5. The van der Waals surface area contributed by atoms with Gasteiger partial charge in [0.15, 0.2) is 5.89 Å². The first kappa shape index (κ1) is 18.2. The van der Waals surface area contributed by atoms with Gasteiger partial charge in [0, 0.05) is 37.5 Å². The summed E-state index contributed by atoms with van der Waals surface area (Å²) in [5.41, 5.74) is 1.68. The number of carbonyl (C=O) groups is 1. The number of carbonyl (C=O) groups excluding carboxylic acids is 1. The van der Waals surface area contributed by atoms with Crippen LogP contribution in [0.4, 0.5) is 0 Å². The van der Waals surface area contributed by atoms with Crippen LogP contribution in [-0.4, -0.2) is 41.0 Å². The lowest BCUT2D eigenvalue weighted by Crippen LogP contribution is -2.39. The highest BCUT2D eigenvalue weighted by atomic mass is 16.5. The summed E-state index contributed by atoms with van der Waals surface area (Å²) in [5, 5.41) is 0. The number of benzene rings is 1. The summed E-state index contributed by atoms with van der Waals surface area (Å²) in [5.74, 6) is 2.47. The fraction of sp³-hybridized carbons (Fsp3) is 0.318. The molecule has 3 heterocycles. The molecule has 0 unspecified atom stereocenters. The van der Waals surface area contributed by atoms with E-state index in [1.165, 1.54) is 0 Å². The highest BCUT2D eigenvalue weighted by Gasteiger charge is 2.28. The standard InChI is InChI=1S/C22H23N3O3/c1-27-20-9-3-2-6-16(20)12-19-14-24-21(28-19)18-8-5-11-25(15-18)22(26)17-7-4-10-23-13-17/h2-4,6-7,9-10,13-14,18H,5,8,11-12,15H2,1H3/t18-/m1/s1. The van der Waals surface area contributed by atoms with E-state index >= 15 is 0 Å². The molecule has 1 aromatic carbocycles. The Hall–Kier alpha value is -3.15. The van der Waals surface area contributed by atoms with E-state index in [9.17, 15) is 4.79 Å². The first-order chi connectivity index (χ1) is 13.7. The van der Waals surface area contributed by atoms with Gasteiger partial charge in [0.05, 0.1) is 24.8 Å². The van der Waals surface area contributed by atoms with Crippen molar-refractivity contribution in [3.63, 3.8) is 0 Å². The van der Waals surface area contributed by atoms with Gasteiger partial charge in [0.25, 0.3) is 5.91 Å². The summed E-state index contributed by atoms with van der Waals surface area (Å²) in [4.78, 5) is 23.1. The van der Waals surface area contributed by atoms with Crippen LogP contribution in [-0.2, 0) is 6.42 Å². The molecule has 1 atom stereocenters. The lowest BCUT2D eigenvalue weighted by atomic mass is 9.97. The Bertz CT molecular complexity index is 939. The fourth-order valence-electron chi connectivity index (χ4n) is 3.66. The normalized spacial score (nSPS) is 16.8. The van der Waals surface area contributed by atoms with Crippen LogP contribution in [0.3, 0.4) is 0 Å². The van der Waals surface area contributed by atoms with Crippen molar-refractivity contribution in [1.82, 2.24) is 14.9 Å². The molecule has 1 amide bonds. The minimum absolute atomic E-state index is 0.0126. The minimum atomic E-state index is 0.0126. The van der Waals surface area contributed by atoms with Crippen LogP contribution in [0.5, 0.6) is 5.75 Å². The Morgan fingerprint density at radius 2 is 2.14 bits per heavy atom. The molecule has 4 rings (SSSR count). The van der Waals surface area contributed by atoms with Crippen molar-refractivity contribution in [1.29, 1.82) is 0 Å². The Labute approximate surface area is 164 Å². The van der Waals surface area contributed by atoms with E-state index in [-0.39, 0.29) is 11.8 Å². The highest BCUT2D eigenvalue weighted by molar-refractivity contribution is 5.93. The molecule has 0 aliphatic carbocycles. The molecular formula is C22H23N3O3. The molecule has 28 heavy (non-hydrogen) atoms. The number of rotatable bonds is 5. The monoisotopic (exact) mass is 377 g/mol. The predicted molar refractivity (Wildman–Crippen MR) is 104 cm³/mol. The minimum Gasteiger partial charge on any atom is -0.496 e. The maximum absolute atomic E-state index is 12.7. The van der Waals surface area contributed by atoms with Crippen molar-refractivity contribution in [2.45, 2.75) is 25.2 Å². The molecule has 1 saturated heterocycles. The molecule has 1 aliphatic heterocycles. The summed E-state index contributed by atoms with van der Waals surface area (Å²) in [7, 11) is 1.67. The van der Waals surface area contributed by atoms with E-state index in [0.29, 0.717) is 24.4 Å². The number of para-hydroxylation sites is 1. The van der Waals surface area contributed by atoms with Gasteiger partial charge in [-0.3, -0.25) is 9.78 Å². The molecular weight excluding hydrogens is 354 g/mol. The lowest BCUT2D eigenvalue weighted by molar-refractivity contribution is 0.0697. The first-order valence-electron chi connectivity index (χ1n) is 9.50. The third-order valence-electron chi connectivity index (χ3n) is 5.09. The molecule has 0 bridgehead atoms. The maximum atomic E-state index is 12.7. The number of amides is 1. The smallest absolute Gasteiger partial charge is 0.255 e. The Morgan fingerprint density at radius 3 is 2.96 bits per heavy atom. The molecule has 2 aromatic heterocycles. The second-order valence-corrected chi connectivity index (χ2v) is 6.99. The van der Waals surface area contributed by atoms with Crippen molar-refractivity contribution < 1.29 is 13.9 Å². The molecule has 3 aromatic rings. The summed E-state index contributed by atoms with van der Waals surface area (Å²) in [6.45, 7) is 1.36. The third-order valence-corrected chi connectivity index (χ3v) is 5.09. The molecule has 6 heteroatoms. The molecule has 0 spiro atoms. The SMILES string of the molecule is COc1ccccc1Cc1cnc([C@@H]2CCCN(C(=O)c3cccnc3)C2)o1. The highest BCUT2D eigenvalue weighted by Crippen LogP contribution is 2.29. The van der Waals surface area contributed by atoms with Gasteiger partial charge in [-0.15, -0.1) is 0 Å². The van der Waals surface area contributed by atoms with Crippen LogP contribution in [0.2, 0.25) is 0 Å². The van der Waals surface area contributed by atoms with Crippen molar-refractivity contribution in [3.05, 3.63) is 77.8 Å². The number of methoxy groups -OCH3 is 1. The average molecular weight is 377 g/mol. The van der Waals surface area contributed by atoms with Crippen LogP contribution in [0.15, 0.2) is 59.4 Å². The van der Waals surface area contributed by atoms with Crippen molar-refractivity contribution in [2.24, 2.45) is 0 Å². The second-order valence-electron chi connectivity index (χ2n) is 6.99. The van der Waals surface area contributed by atoms with Crippen LogP contribution in [0.25, 0.3) is 0 Å². The largest absolute Gasteiger partial charge is 0.496 e. The molecule has 144 valence electrons. The van der Waals surface area contributed by atoms with Crippen LogP contribution >= 0.6 is 0 Å². The summed E-state index contributed by atoms with van der Waals surface area (Å²) in [6, 6.07) is 11.5. The molecule has 0 saturated carbocycles. The summed E-state index contributed by atoms with van der Waals surface area (Å²) in [6.07, 6.45) is 7.59.